The molecule has 1 heterocycles. The maximum Gasteiger partial charge on any atom is 0.255 e. The Morgan fingerprint density at radius 2 is 2.11 bits per heavy atom. The van der Waals surface area contributed by atoms with Crippen LogP contribution in [0.15, 0.2) is 36.5 Å². The number of hydrogen-bond donors (Lipinski definition) is 2. The standard InChI is InChI=1S/C14H17N3O/c1-2-3-9-15-14(18)12-10-16-17-13(12)11-7-5-4-6-8-11/h4-8,10H,2-3,9H2,1H3,(H,15,18)(H,16,17). The van der Waals surface area contributed by atoms with Crippen molar-refractivity contribution in [1.82, 2.24) is 15.5 Å². The van der Waals surface area contributed by atoms with Gasteiger partial charge in [-0.2, -0.15) is 5.10 Å². The Labute approximate surface area is 106 Å². The molecule has 18 heavy (non-hydrogen) atoms. The van der Waals surface area contributed by atoms with Crippen molar-refractivity contribution in [1.29, 1.82) is 0 Å². The van der Waals surface area contributed by atoms with E-state index in [4.69, 9.17) is 0 Å². The Bertz CT molecular complexity index is 505. The van der Waals surface area contributed by atoms with Crippen LogP contribution in [-0.2, 0) is 0 Å². The van der Waals surface area contributed by atoms with Gasteiger partial charge in [-0.05, 0) is 6.42 Å². The molecule has 1 aromatic carbocycles. The van der Waals surface area contributed by atoms with Crippen molar-refractivity contribution in [3.8, 4) is 11.3 Å². The highest BCUT2D eigenvalue weighted by Gasteiger charge is 2.14. The van der Waals surface area contributed by atoms with E-state index in [2.05, 4.69) is 22.4 Å². The summed E-state index contributed by atoms with van der Waals surface area (Å²) in [5, 5.41) is 9.74. The number of unbranched alkanes of at least 4 members (excludes halogenated alkanes) is 1. The lowest BCUT2D eigenvalue weighted by Gasteiger charge is -2.04. The number of nitrogens with zero attached hydrogens (tertiary/aromatic N) is 1. The van der Waals surface area contributed by atoms with Gasteiger partial charge < -0.3 is 5.32 Å². The highest BCUT2D eigenvalue weighted by Crippen LogP contribution is 2.20. The summed E-state index contributed by atoms with van der Waals surface area (Å²) in [6, 6.07) is 9.73. The normalized spacial score (nSPS) is 10.3. The highest BCUT2D eigenvalue weighted by molar-refractivity contribution is 5.99. The maximum absolute atomic E-state index is 12.0. The first-order chi connectivity index (χ1) is 8.83. The van der Waals surface area contributed by atoms with Crippen LogP contribution in [0.2, 0.25) is 0 Å². The summed E-state index contributed by atoms with van der Waals surface area (Å²) in [7, 11) is 0. The molecule has 4 nitrogen and oxygen atoms in total. The van der Waals surface area contributed by atoms with Gasteiger partial charge in [-0.15, -0.1) is 0 Å². The molecule has 0 aliphatic rings. The summed E-state index contributed by atoms with van der Waals surface area (Å²) >= 11 is 0. The molecule has 0 aliphatic carbocycles. The predicted molar refractivity (Wildman–Crippen MR) is 71.3 cm³/mol. The second-order valence-corrected chi connectivity index (χ2v) is 4.13. The van der Waals surface area contributed by atoms with Crippen LogP contribution in [-0.4, -0.2) is 22.6 Å². The fraction of sp³-hybridized carbons (Fsp3) is 0.286. The zero-order valence-corrected chi connectivity index (χ0v) is 10.4. The van der Waals surface area contributed by atoms with Gasteiger partial charge in [0.05, 0.1) is 17.5 Å². The number of nitrogens with one attached hydrogen (secondary N) is 2. The number of aromatic nitrogens is 2. The fourth-order valence-electron chi connectivity index (χ4n) is 1.76. The van der Waals surface area contributed by atoms with Crippen molar-refractivity contribution >= 4 is 5.91 Å². The first-order valence-electron chi connectivity index (χ1n) is 6.20. The molecule has 2 N–H and O–H groups in total. The molecule has 0 unspecified atom stereocenters. The largest absolute Gasteiger partial charge is 0.352 e. The molecular formula is C14H17N3O. The Morgan fingerprint density at radius 3 is 2.83 bits per heavy atom. The SMILES string of the molecule is CCCCNC(=O)c1cn[nH]c1-c1ccccc1. The lowest BCUT2D eigenvalue weighted by atomic mass is 10.1. The van der Waals surface area contributed by atoms with E-state index in [1.54, 1.807) is 6.20 Å². The van der Waals surface area contributed by atoms with Gasteiger partial charge in [-0.3, -0.25) is 9.89 Å². The van der Waals surface area contributed by atoms with Crippen molar-refractivity contribution in [3.05, 3.63) is 42.1 Å². The third-order valence-electron chi connectivity index (χ3n) is 2.76. The van der Waals surface area contributed by atoms with E-state index in [1.165, 1.54) is 0 Å². The number of carbonyl (C=O) groups excluding carboxylic acids is 1. The average Bonchev–Trinajstić information content (AvgIpc) is 2.89. The van der Waals surface area contributed by atoms with Crippen molar-refractivity contribution in [3.63, 3.8) is 0 Å². The molecule has 4 heteroatoms. The van der Waals surface area contributed by atoms with Gasteiger partial charge in [0.25, 0.3) is 5.91 Å². The van der Waals surface area contributed by atoms with Crippen molar-refractivity contribution in [2.24, 2.45) is 0 Å². The van der Waals surface area contributed by atoms with Crippen LogP contribution in [0, 0.1) is 0 Å². The van der Waals surface area contributed by atoms with Crippen LogP contribution < -0.4 is 5.32 Å². The molecule has 0 spiro atoms. The summed E-state index contributed by atoms with van der Waals surface area (Å²) in [5.41, 5.74) is 2.33. The van der Waals surface area contributed by atoms with Crippen molar-refractivity contribution in [2.75, 3.05) is 6.54 Å². The molecule has 0 saturated heterocycles. The summed E-state index contributed by atoms with van der Waals surface area (Å²) in [6.45, 7) is 2.80. The molecule has 0 fully saturated rings. The van der Waals surface area contributed by atoms with Crippen LogP contribution in [0.4, 0.5) is 0 Å². The zero-order valence-electron chi connectivity index (χ0n) is 10.4. The molecule has 0 radical (unpaired) electrons. The van der Waals surface area contributed by atoms with E-state index in [-0.39, 0.29) is 5.91 Å². The van der Waals surface area contributed by atoms with Crippen LogP contribution >= 0.6 is 0 Å². The Balaban J connectivity index is 2.15. The molecule has 2 rings (SSSR count). The van der Waals surface area contributed by atoms with E-state index < -0.39 is 0 Å². The Hall–Kier alpha value is -2.10. The van der Waals surface area contributed by atoms with Crippen molar-refractivity contribution < 1.29 is 4.79 Å². The van der Waals surface area contributed by atoms with Crippen LogP contribution in [0.3, 0.4) is 0 Å². The minimum absolute atomic E-state index is 0.0731. The summed E-state index contributed by atoms with van der Waals surface area (Å²) in [6.07, 6.45) is 3.63. The molecule has 0 saturated carbocycles. The van der Waals surface area contributed by atoms with E-state index in [1.807, 2.05) is 30.3 Å². The first kappa shape index (κ1) is 12.4. The molecule has 1 aromatic heterocycles. The number of amides is 1. The minimum Gasteiger partial charge on any atom is -0.352 e. The number of aromatic amines is 1. The summed E-state index contributed by atoms with van der Waals surface area (Å²) in [5.74, 6) is -0.0731. The van der Waals surface area contributed by atoms with E-state index >= 15 is 0 Å². The summed E-state index contributed by atoms with van der Waals surface area (Å²) < 4.78 is 0. The fourth-order valence-corrected chi connectivity index (χ4v) is 1.76. The Morgan fingerprint density at radius 1 is 1.33 bits per heavy atom. The first-order valence-corrected chi connectivity index (χ1v) is 6.20. The number of carbonyl (C=O) groups is 1. The second kappa shape index (κ2) is 6.00. The van der Waals surface area contributed by atoms with Crippen LogP contribution in [0.5, 0.6) is 0 Å². The molecule has 94 valence electrons. The third-order valence-corrected chi connectivity index (χ3v) is 2.76. The topological polar surface area (TPSA) is 57.8 Å². The van der Waals surface area contributed by atoms with Gasteiger partial charge in [0.2, 0.25) is 0 Å². The molecular weight excluding hydrogens is 226 g/mol. The van der Waals surface area contributed by atoms with Gasteiger partial charge in [0, 0.05) is 12.1 Å². The third kappa shape index (κ3) is 2.77. The van der Waals surface area contributed by atoms with E-state index in [0.29, 0.717) is 12.1 Å². The van der Waals surface area contributed by atoms with Gasteiger partial charge in [0.1, 0.15) is 0 Å². The molecule has 0 aliphatic heterocycles. The number of hydrogen-bond acceptors (Lipinski definition) is 2. The van der Waals surface area contributed by atoms with Crippen LogP contribution in [0.25, 0.3) is 11.3 Å². The van der Waals surface area contributed by atoms with E-state index in [9.17, 15) is 4.79 Å². The number of benzene rings is 1. The molecule has 0 bridgehead atoms. The van der Waals surface area contributed by atoms with Gasteiger partial charge >= 0.3 is 0 Å². The average molecular weight is 243 g/mol. The smallest absolute Gasteiger partial charge is 0.255 e. The monoisotopic (exact) mass is 243 g/mol. The number of H-pyrrole nitrogens is 1. The zero-order chi connectivity index (χ0) is 12.8. The molecule has 2 aromatic rings. The second-order valence-electron chi connectivity index (χ2n) is 4.13. The molecule has 0 atom stereocenters. The predicted octanol–water partition coefficient (Wildman–Crippen LogP) is 2.61. The van der Waals surface area contributed by atoms with Gasteiger partial charge in [-0.25, -0.2) is 0 Å². The summed E-state index contributed by atoms with van der Waals surface area (Å²) in [4.78, 5) is 12.0. The maximum atomic E-state index is 12.0. The van der Waals surface area contributed by atoms with E-state index in [0.717, 1.165) is 24.1 Å². The van der Waals surface area contributed by atoms with Crippen molar-refractivity contribution in [2.45, 2.75) is 19.8 Å². The lowest BCUT2D eigenvalue weighted by molar-refractivity contribution is 0.0954. The minimum atomic E-state index is -0.0731. The van der Waals surface area contributed by atoms with Gasteiger partial charge in [-0.1, -0.05) is 43.7 Å². The van der Waals surface area contributed by atoms with Gasteiger partial charge in [0.15, 0.2) is 0 Å². The highest BCUT2D eigenvalue weighted by atomic mass is 16.1. The quantitative estimate of drug-likeness (QED) is 0.793. The number of rotatable bonds is 5. The Kier molecular flexibility index (Phi) is 4.12. The van der Waals surface area contributed by atoms with Crippen LogP contribution in [0.1, 0.15) is 30.1 Å². The lowest BCUT2D eigenvalue weighted by Crippen LogP contribution is -2.24. The molecule has 1 amide bonds.